The summed E-state index contributed by atoms with van der Waals surface area (Å²) in [5.41, 5.74) is -0.896. The van der Waals surface area contributed by atoms with Crippen LogP contribution in [0.4, 0.5) is 0 Å². The Kier molecular flexibility index (Phi) is 7.40. The van der Waals surface area contributed by atoms with E-state index in [9.17, 15) is 29.1 Å². The number of carbonyl (C=O) groups excluding carboxylic acids is 4. The predicted octanol–water partition coefficient (Wildman–Crippen LogP) is 2.73. The molecule has 7 atom stereocenters. The summed E-state index contributed by atoms with van der Waals surface area (Å²) < 4.78 is 5.13. The second-order valence-corrected chi connectivity index (χ2v) is 12.0. The summed E-state index contributed by atoms with van der Waals surface area (Å²) in [5, 5.41) is 22.8. The molecule has 4 rings (SSSR count). The molecule has 37 heavy (non-hydrogen) atoms. The number of rotatable bonds is 8. The largest absolute Gasteiger partial charge is 0.480 e. The first-order valence-corrected chi connectivity index (χ1v) is 13.5. The van der Waals surface area contributed by atoms with E-state index in [2.05, 4.69) is 12.2 Å². The first-order chi connectivity index (χ1) is 17.3. The SMILES string of the molecule is C[C@@H](NC(=O)CCC(=O)OCC(=O)[C@]1(O)CC[C@@H]2[C@H]3CCC4=CC(=O)CC[C@]4(C)[C@@H]3CC[C@]21C)C(=O)O. The highest BCUT2D eigenvalue weighted by Crippen LogP contribution is 2.67. The van der Waals surface area contributed by atoms with Crippen LogP contribution in [0.1, 0.15) is 85.0 Å². The topological polar surface area (TPSA) is 147 Å². The molecule has 0 bridgehead atoms. The van der Waals surface area contributed by atoms with E-state index < -0.39 is 47.3 Å². The van der Waals surface area contributed by atoms with Crippen LogP contribution in [-0.4, -0.2) is 57.9 Å². The van der Waals surface area contributed by atoms with Gasteiger partial charge < -0.3 is 20.3 Å². The predicted molar refractivity (Wildman–Crippen MR) is 132 cm³/mol. The molecule has 0 aromatic rings. The Labute approximate surface area is 217 Å². The Bertz CT molecular complexity index is 1040. The zero-order valence-electron chi connectivity index (χ0n) is 22.0. The summed E-state index contributed by atoms with van der Waals surface area (Å²) in [6.07, 6.45) is 7.29. The zero-order valence-corrected chi connectivity index (χ0v) is 22.0. The molecule has 3 fully saturated rings. The fraction of sp³-hybridized carbons (Fsp3) is 0.750. The van der Waals surface area contributed by atoms with Crippen molar-refractivity contribution in [2.24, 2.45) is 28.6 Å². The highest BCUT2D eigenvalue weighted by Gasteiger charge is 2.66. The summed E-state index contributed by atoms with van der Waals surface area (Å²) in [6.45, 7) is 5.07. The van der Waals surface area contributed by atoms with Gasteiger partial charge in [-0.1, -0.05) is 19.4 Å². The first kappa shape index (κ1) is 27.5. The number of esters is 1. The minimum Gasteiger partial charge on any atom is -0.480 e. The summed E-state index contributed by atoms with van der Waals surface area (Å²) in [5.74, 6) is -1.80. The van der Waals surface area contributed by atoms with E-state index in [0.717, 1.165) is 32.1 Å². The van der Waals surface area contributed by atoms with Gasteiger partial charge in [-0.2, -0.15) is 0 Å². The number of carbonyl (C=O) groups is 5. The Morgan fingerprint density at radius 3 is 2.46 bits per heavy atom. The standard InChI is InChI=1S/C28H39NO8/c1-16(25(34)35)29-23(32)6-7-24(33)37-15-22(31)28(36)13-10-21-19-5-4-17-14-18(30)8-11-26(17,2)20(19)9-12-27(21,28)3/h14,16,19-21,36H,4-13,15H2,1-3H3,(H,29,32)(H,34,35)/t16-,19+,20-,21-,26+,27-,28-/m1/s1. The molecule has 0 unspecified atom stereocenters. The Balaban J connectivity index is 1.36. The van der Waals surface area contributed by atoms with Gasteiger partial charge in [-0.15, -0.1) is 0 Å². The van der Waals surface area contributed by atoms with Crippen LogP contribution in [0, 0.1) is 28.6 Å². The van der Waals surface area contributed by atoms with E-state index >= 15 is 0 Å². The highest BCUT2D eigenvalue weighted by atomic mass is 16.5. The number of Topliss-reactive ketones (excluding diaryl/α,β-unsaturated/α-hetero) is 1. The van der Waals surface area contributed by atoms with Crippen LogP contribution >= 0.6 is 0 Å². The highest BCUT2D eigenvalue weighted by molar-refractivity contribution is 5.92. The fourth-order valence-corrected chi connectivity index (χ4v) is 7.96. The molecule has 204 valence electrons. The second kappa shape index (κ2) is 9.97. The van der Waals surface area contributed by atoms with Gasteiger partial charge in [0.1, 0.15) is 11.6 Å². The lowest BCUT2D eigenvalue weighted by Crippen LogP contribution is -2.58. The lowest BCUT2D eigenvalue weighted by molar-refractivity contribution is -0.170. The van der Waals surface area contributed by atoms with Crippen molar-refractivity contribution < 1.29 is 38.9 Å². The van der Waals surface area contributed by atoms with Gasteiger partial charge in [0.2, 0.25) is 11.7 Å². The van der Waals surface area contributed by atoms with Gasteiger partial charge in [-0.3, -0.25) is 24.0 Å². The van der Waals surface area contributed by atoms with E-state index in [1.807, 2.05) is 13.0 Å². The fourth-order valence-electron chi connectivity index (χ4n) is 7.96. The number of hydrogen-bond acceptors (Lipinski definition) is 7. The molecule has 4 aliphatic carbocycles. The van der Waals surface area contributed by atoms with E-state index in [4.69, 9.17) is 9.84 Å². The number of aliphatic carboxylic acids is 1. The van der Waals surface area contributed by atoms with Crippen molar-refractivity contribution >= 4 is 29.4 Å². The van der Waals surface area contributed by atoms with Crippen LogP contribution in [0.15, 0.2) is 11.6 Å². The van der Waals surface area contributed by atoms with Crippen molar-refractivity contribution in [3.05, 3.63) is 11.6 Å². The van der Waals surface area contributed by atoms with Crippen molar-refractivity contribution in [2.75, 3.05) is 6.61 Å². The normalized spacial score (nSPS) is 37.4. The molecule has 0 aromatic heterocycles. The quantitative estimate of drug-likeness (QED) is 0.417. The molecule has 4 aliphatic rings. The summed E-state index contributed by atoms with van der Waals surface area (Å²) in [4.78, 5) is 60.1. The van der Waals surface area contributed by atoms with Crippen molar-refractivity contribution in [1.29, 1.82) is 0 Å². The molecular formula is C28H39NO8. The maximum Gasteiger partial charge on any atom is 0.325 e. The minimum absolute atomic E-state index is 0.00690. The van der Waals surface area contributed by atoms with Crippen molar-refractivity contribution in [1.82, 2.24) is 5.32 Å². The van der Waals surface area contributed by atoms with E-state index in [1.54, 1.807) is 0 Å². The Morgan fingerprint density at radius 1 is 1.05 bits per heavy atom. The molecule has 0 aliphatic heterocycles. The van der Waals surface area contributed by atoms with Gasteiger partial charge in [0.05, 0.1) is 6.42 Å². The smallest absolute Gasteiger partial charge is 0.325 e. The van der Waals surface area contributed by atoms with Crippen LogP contribution in [0.2, 0.25) is 0 Å². The zero-order chi connectivity index (χ0) is 27.2. The van der Waals surface area contributed by atoms with Gasteiger partial charge in [0, 0.05) is 18.3 Å². The maximum absolute atomic E-state index is 13.3. The van der Waals surface area contributed by atoms with E-state index in [0.29, 0.717) is 31.1 Å². The summed E-state index contributed by atoms with van der Waals surface area (Å²) in [7, 11) is 0. The third-order valence-corrected chi connectivity index (χ3v) is 10.2. The number of ketones is 2. The van der Waals surface area contributed by atoms with Gasteiger partial charge in [-0.25, -0.2) is 0 Å². The lowest BCUT2D eigenvalue weighted by atomic mass is 9.46. The molecule has 0 radical (unpaired) electrons. The Hall–Kier alpha value is -2.55. The van der Waals surface area contributed by atoms with Crippen LogP contribution in [0.5, 0.6) is 0 Å². The molecule has 9 nitrogen and oxygen atoms in total. The number of ether oxygens (including phenoxy) is 1. The molecule has 9 heteroatoms. The molecule has 0 saturated heterocycles. The van der Waals surface area contributed by atoms with E-state index in [-0.39, 0.29) is 30.0 Å². The number of hydrogen-bond donors (Lipinski definition) is 3. The van der Waals surface area contributed by atoms with Gasteiger partial charge in [0.15, 0.2) is 12.4 Å². The van der Waals surface area contributed by atoms with Crippen molar-refractivity contribution in [3.63, 3.8) is 0 Å². The minimum atomic E-state index is -1.57. The van der Waals surface area contributed by atoms with Crippen molar-refractivity contribution in [3.8, 4) is 0 Å². The number of aliphatic hydroxyl groups is 1. The first-order valence-electron chi connectivity index (χ1n) is 13.5. The number of fused-ring (bicyclic) bond motifs is 5. The average Bonchev–Trinajstić information content (AvgIpc) is 3.13. The van der Waals surface area contributed by atoms with Crippen LogP contribution in [0.25, 0.3) is 0 Å². The summed E-state index contributed by atoms with van der Waals surface area (Å²) >= 11 is 0. The van der Waals surface area contributed by atoms with Crippen LogP contribution < -0.4 is 5.32 Å². The molecule has 0 heterocycles. The third kappa shape index (κ3) is 4.75. The van der Waals surface area contributed by atoms with Crippen molar-refractivity contribution in [2.45, 2.75) is 96.6 Å². The van der Waals surface area contributed by atoms with Crippen LogP contribution in [-0.2, 0) is 28.7 Å². The second-order valence-electron chi connectivity index (χ2n) is 12.0. The average molecular weight is 518 g/mol. The summed E-state index contributed by atoms with van der Waals surface area (Å²) in [6, 6.07) is -1.07. The van der Waals surface area contributed by atoms with Gasteiger partial charge >= 0.3 is 11.9 Å². The molecular weight excluding hydrogens is 478 g/mol. The van der Waals surface area contributed by atoms with Gasteiger partial charge in [-0.05, 0) is 81.1 Å². The maximum atomic E-state index is 13.3. The monoisotopic (exact) mass is 517 g/mol. The molecule has 3 N–H and O–H groups in total. The third-order valence-electron chi connectivity index (χ3n) is 10.2. The Morgan fingerprint density at radius 2 is 1.76 bits per heavy atom. The van der Waals surface area contributed by atoms with Gasteiger partial charge in [0.25, 0.3) is 0 Å². The number of carboxylic acids is 1. The molecule has 1 amide bonds. The molecule has 3 saturated carbocycles. The van der Waals surface area contributed by atoms with E-state index in [1.165, 1.54) is 12.5 Å². The number of nitrogens with one attached hydrogen (secondary N) is 1. The number of carboxylic acid groups (broad SMARTS) is 1. The number of amides is 1. The molecule has 0 aromatic carbocycles. The lowest BCUT2D eigenvalue weighted by Gasteiger charge is -2.58. The number of allylic oxidation sites excluding steroid dienone is 1. The van der Waals surface area contributed by atoms with Crippen LogP contribution in [0.3, 0.4) is 0 Å². The molecule has 0 spiro atoms.